The Morgan fingerprint density at radius 3 is 2.75 bits per heavy atom. The molecule has 0 aliphatic carbocycles. The Hall–Kier alpha value is -0.120. The van der Waals surface area contributed by atoms with E-state index >= 15 is 0 Å². The normalized spacial score (nSPS) is 43.0. The van der Waals surface area contributed by atoms with Gasteiger partial charge in [-0.05, 0) is 33.0 Å². The molecule has 0 aromatic carbocycles. The lowest BCUT2D eigenvalue weighted by molar-refractivity contribution is -0.0948. The van der Waals surface area contributed by atoms with Crippen LogP contribution in [0, 0.1) is 0 Å². The maximum atomic E-state index is 5.67. The van der Waals surface area contributed by atoms with Crippen molar-refractivity contribution in [3.05, 3.63) is 0 Å². The minimum absolute atomic E-state index is 0.118. The molecule has 0 spiro atoms. The summed E-state index contributed by atoms with van der Waals surface area (Å²) in [4.78, 5) is 2.40. The molecule has 0 radical (unpaired) electrons. The van der Waals surface area contributed by atoms with E-state index in [1.165, 1.54) is 19.4 Å². The van der Waals surface area contributed by atoms with Crippen molar-refractivity contribution < 1.29 is 4.74 Å². The minimum atomic E-state index is 0.118. The highest BCUT2D eigenvalue weighted by Crippen LogP contribution is 2.33. The number of likely N-dealkylation sites (N-methyl/N-ethyl adjacent to an activating group) is 1. The zero-order valence-corrected chi connectivity index (χ0v) is 7.97. The number of methoxy groups -OCH3 is 1. The van der Waals surface area contributed by atoms with Crippen LogP contribution in [0.3, 0.4) is 0 Å². The van der Waals surface area contributed by atoms with Crippen molar-refractivity contribution in [1.82, 2.24) is 10.2 Å². The van der Waals surface area contributed by atoms with E-state index in [1.807, 2.05) is 7.11 Å². The molecular weight excluding hydrogens is 152 g/mol. The second-order valence-electron chi connectivity index (χ2n) is 3.98. The van der Waals surface area contributed by atoms with Crippen LogP contribution in [0.15, 0.2) is 0 Å². The molecule has 2 unspecified atom stereocenters. The first-order valence-electron chi connectivity index (χ1n) is 4.75. The van der Waals surface area contributed by atoms with Crippen LogP contribution >= 0.6 is 0 Å². The zero-order chi connectivity index (χ0) is 8.60. The smallest absolute Gasteiger partial charge is 0.0968 e. The molecule has 2 aliphatic rings. The molecule has 2 aliphatic heterocycles. The molecule has 3 nitrogen and oxygen atoms in total. The summed E-state index contributed by atoms with van der Waals surface area (Å²) in [6.07, 6.45) is 2.46. The highest BCUT2D eigenvalue weighted by atomic mass is 16.5. The molecule has 0 saturated carbocycles. The lowest BCUT2D eigenvalue weighted by atomic mass is 9.84. The molecule has 2 fully saturated rings. The molecule has 0 aromatic heterocycles. The molecule has 2 saturated heterocycles. The van der Waals surface area contributed by atoms with Crippen molar-refractivity contribution in [3.63, 3.8) is 0 Å². The van der Waals surface area contributed by atoms with Crippen LogP contribution in [0.4, 0.5) is 0 Å². The molecule has 0 bridgehead atoms. The minimum Gasteiger partial charge on any atom is -0.375 e. The highest BCUT2D eigenvalue weighted by molar-refractivity contribution is 5.03. The molecule has 70 valence electrons. The Morgan fingerprint density at radius 2 is 2.42 bits per heavy atom. The first-order valence-corrected chi connectivity index (χ1v) is 4.75. The number of hydrogen-bond donors (Lipinski definition) is 1. The van der Waals surface area contributed by atoms with Crippen LogP contribution in [0.25, 0.3) is 0 Å². The highest BCUT2D eigenvalue weighted by Gasteiger charge is 2.47. The predicted molar refractivity (Wildman–Crippen MR) is 48.3 cm³/mol. The van der Waals surface area contributed by atoms with E-state index in [-0.39, 0.29) is 5.60 Å². The van der Waals surface area contributed by atoms with Crippen LogP contribution in [0.2, 0.25) is 0 Å². The summed E-state index contributed by atoms with van der Waals surface area (Å²) in [7, 11) is 4.03. The van der Waals surface area contributed by atoms with Gasteiger partial charge in [-0.2, -0.15) is 0 Å². The van der Waals surface area contributed by atoms with Crippen LogP contribution in [0.5, 0.6) is 0 Å². The fourth-order valence-electron chi connectivity index (χ4n) is 2.46. The summed E-state index contributed by atoms with van der Waals surface area (Å²) >= 11 is 0. The lowest BCUT2D eigenvalue weighted by Gasteiger charge is -2.48. The number of nitrogens with zero attached hydrogens (tertiary/aromatic N) is 1. The maximum absolute atomic E-state index is 5.67. The van der Waals surface area contributed by atoms with Crippen LogP contribution < -0.4 is 5.32 Å². The van der Waals surface area contributed by atoms with Gasteiger partial charge in [-0.15, -0.1) is 0 Å². The Labute approximate surface area is 74.1 Å². The van der Waals surface area contributed by atoms with E-state index in [0.717, 1.165) is 13.1 Å². The average Bonchev–Trinajstić information content (AvgIpc) is 2.51. The first kappa shape index (κ1) is 8.48. The molecule has 2 rings (SSSR count). The average molecular weight is 170 g/mol. The monoisotopic (exact) mass is 170 g/mol. The van der Waals surface area contributed by atoms with Gasteiger partial charge in [0, 0.05) is 19.7 Å². The van der Waals surface area contributed by atoms with Crippen molar-refractivity contribution in [1.29, 1.82) is 0 Å². The molecular formula is C9H18N2O. The van der Waals surface area contributed by atoms with Crippen molar-refractivity contribution in [2.75, 3.05) is 33.8 Å². The summed E-state index contributed by atoms with van der Waals surface area (Å²) in [5.74, 6) is 0. The van der Waals surface area contributed by atoms with Gasteiger partial charge in [0.15, 0.2) is 0 Å². The number of likely N-dealkylation sites (tertiary alicyclic amines) is 1. The molecule has 3 heteroatoms. The van der Waals surface area contributed by atoms with E-state index in [4.69, 9.17) is 4.74 Å². The topological polar surface area (TPSA) is 24.5 Å². The Balaban J connectivity index is 2.05. The Morgan fingerprint density at radius 1 is 1.58 bits per heavy atom. The van der Waals surface area contributed by atoms with Gasteiger partial charge in [-0.1, -0.05) is 0 Å². The molecule has 1 N–H and O–H groups in total. The van der Waals surface area contributed by atoms with Gasteiger partial charge < -0.3 is 15.0 Å². The van der Waals surface area contributed by atoms with Gasteiger partial charge in [0.05, 0.1) is 5.60 Å². The summed E-state index contributed by atoms with van der Waals surface area (Å²) in [5, 5.41) is 3.38. The second kappa shape index (κ2) is 2.98. The summed E-state index contributed by atoms with van der Waals surface area (Å²) in [6, 6.07) is 0.650. The standard InChI is InChI=1S/C9H18N2O/c1-11-6-3-8(11)9(12-2)4-5-10-7-9/h8,10H,3-7H2,1-2H3. The Kier molecular flexibility index (Phi) is 2.10. The Bertz CT molecular complexity index is 166. The number of ether oxygens (including phenoxy) is 1. The number of hydrogen-bond acceptors (Lipinski definition) is 3. The number of nitrogens with one attached hydrogen (secondary N) is 1. The molecule has 12 heavy (non-hydrogen) atoms. The van der Waals surface area contributed by atoms with Gasteiger partial charge in [0.25, 0.3) is 0 Å². The summed E-state index contributed by atoms with van der Waals surface area (Å²) in [5.41, 5.74) is 0.118. The van der Waals surface area contributed by atoms with Crippen molar-refractivity contribution in [2.45, 2.75) is 24.5 Å². The van der Waals surface area contributed by atoms with Crippen LogP contribution in [-0.4, -0.2) is 50.3 Å². The van der Waals surface area contributed by atoms with E-state index in [9.17, 15) is 0 Å². The lowest BCUT2D eigenvalue weighted by Crippen LogP contribution is -2.61. The van der Waals surface area contributed by atoms with Crippen molar-refractivity contribution in [3.8, 4) is 0 Å². The second-order valence-corrected chi connectivity index (χ2v) is 3.98. The molecule has 2 atom stereocenters. The van der Waals surface area contributed by atoms with Gasteiger partial charge in [0.1, 0.15) is 0 Å². The molecule has 2 heterocycles. The largest absolute Gasteiger partial charge is 0.375 e. The quantitative estimate of drug-likeness (QED) is 0.634. The third-order valence-corrected chi connectivity index (χ3v) is 3.45. The van der Waals surface area contributed by atoms with E-state index in [0.29, 0.717) is 6.04 Å². The third-order valence-electron chi connectivity index (χ3n) is 3.45. The number of rotatable bonds is 2. The van der Waals surface area contributed by atoms with Crippen LogP contribution in [0.1, 0.15) is 12.8 Å². The SMILES string of the molecule is COC1(C2CCN2C)CCNC1. The summed E-state index contributed by atoms with van der Waals surface area (Å²) < 4.78 is 5.67. The van der Waals surface area contributed by atoms with Crippen molar-refractivity contribution in [2.24, 2.45) is 0 Å². The zero-order valence-electron chi connectivity index (χ0n) is 7.97. The van der Waals surface area contributed by atoms with E-state index in [1.54, 1.807) is 0 Å². The summed E-state index contributed by atoms with van der Waals surface area (Å²) in [6.45, 7) is 3.37. The van der Waals surface area contributed by atoms with Crippen LogP contribution in [-0.2, 0) is 4.74 Å². The first-order chi connectivity index (χ1) is 5.78. The predicted octanol–water partition coefficient (Wildman–Crippen LogP) is 0.0690. The van der Waals surface area contributed by atoms with E-state index in [2.05, 4.69) is 17.3 Å². The van der Waals surface area contributed by atoms with E-state index < -0.39 is 0 Å². The van der Waals surface area contributed by atoms with Gasteiger partial charge in [-0.3, -0.25) is 0 Å². The van der Waals surface area contributed by atoms with Gasteiger partial charge in [-0.25, -0.2) is 0 Å². The third kappa shape index (κ3) is 1.08. The molecule has 0 aromatic rings. The van der Waals surface area contributed by atoms with Gasteiger partial charge >= 0.3 is 0 Å². The van der Waals surface area contributed by atoms with Crippen molar-refractivity contribution >= 4 is 0 Å². The fourth-order valence-corrected chi connectivity index (χ4v) is 2.46. The maximum Gasteiger partial charge on any atom is 0.0968 e. The molecule has 0 amide bonds. The fraction of sp³-hybridized carbons (Fsp3) is 1.00. The van der Waals surface area contributed by atoms with Gasteiger partial charge in [0.2, 0.25) is 0 Å².